The molecule has 5 aromatic rings. The molecule has 41 heavy (non-hydrogen) atoms. The maximum atomic E-state index is 12.5. The highest BCUT2D eigenvalue weighted by atomic mass is 35.5. The molecular formula is C32H35Cl3N4O2. The first-order chi connectivity index (χ1) is 18.7. The van der Waals surface area contributed by atoms with Gasteiger partial charge in [0.25, 0.3) is 5.56 Å². The van der Waals surface area contributed by atoms with Crippen LogP contribution in [0, 0.1) is 0 Å². The van der Waals surface area contributed by atoms with Gasteiger partial charge in [-0.05, 0) is 85.0 Å². The zero-order valence-corrected chi connectivity index (χ0v) is 25.1. The molecule has 0 radical (unpaired) electrons. The lowest BCUT2D eigenvalue weighted by Crippen LogP contribution is -2.20. The van der Waals surface area contributed by atoms with Crippen molar-refractivity contribution in [2.75, 3.05) is 13.2 Å². The van der Waals surface area contributed by atoms with Crippen molar-refractivity contribution in [2.45, 2.75) is 32.4 Å². The third-order valence-corrected chi connectivity index (χ3v) is 6.51. The number of nitrogens with zero attached hydrogens (tertiary/aromatic N) is 3. The van der Waals surface area contributed by atoms with Crippen molar-refractivity contribution >= 4 is 48.1 Å². The summed E-state index contributed by atoms with van der Waals surface area (Å²) in [6, 6.07) is 27.8. The molecule has 0 amide bonds. The van der Waals surface area contributed by atoms with Crippen molar-refractivity contribution in [1.82, 2.24) is 19.9 Å². The Morgan fingerprint density at radius 1 is 0.780 bits per heavy atom. The number of aromatic nitrogens is 3. The van der Waals surface area contributed by atoms with Crippen LogP contribution in [0.2, 0.25) is 0 Å². The Morgan fingerprint density at radius 2 is 1.61 bits per heavy atom. The summed E-state index contributed by atoms with van der Waals surface area (Å²) in [5.41, 5.74) is 5.57. The third kappa shape index (κ3) is 9.87. The lowest BCUT2D eigenvalue weighted by atomic mass is 10.1. The Morgan fingerprint density at radius 3 is 2.41 bits per heavy atom. The van der Waals surface area contributed by atoms with Gasteiger partial charge < -0.3 is 14.6 Å². The van der Waals surface area contributed by atoms with Gasteiger partial charge in [0.1, 0.15) is 5.75 Å². The van der Waals surface area contributed by atoms with E-state index in [4.69, 9.17) is 4.74 Å². The van der Waals surface area contributed by atoms with Gasteiger partial charge in [0.2, 0.25) is 0 Å². The molecular weight excluding hydrogens is 579 g/mol. The predicted octanol–water partition coefficient (Wildman–Crippen LogP) is 6.45. The van der Waals surface area contributed by atoms with Gasteiger partial charge in [-0.25, -0.2) is 0 Å². The number of halogens is 3. The Labute approximate surface area is 259 Å². The predicted molar refractivity (Wildman–Crippen MR) is 173 cm³/mol. The second kappa shape index (κ2) is 17.4. The van der Waals surface area contributed by atoms with E-state index in [1.165, 1.54) is 11.1 Å². The van der Waals surface area contributed by atoms with Gasteiger partial charge in [-0.3, -0.25) is 14.8 Å². The van der Waals surface area contributed by atoms with Crippen molar-refractivity contribution in [2.24, 2.45) is 0 Å². The molecule has 0 aliphatic rings. The first-order valence-electron chi connectivity index (χ1n) is 13.1. The van der Waals surface area contributed by atoms with Gasteiger partial charge in [-0.1, -0.05) is 36.4 Å². The van der Waals surface area contributed by atoms with E-state index in [2.05, 4.69) is 33.5 Å². The minimum absolute atomic E-state index is 0. The van der Waals surface area contributed by atoms with Crippen LogP contribution in [0.5, 0.6) is 5.75 Å². The summed E-state index contributed by atoms with van der Waals surface area (Å²) in [4.78, 5) is 21.2. The zero-order chi connectivity index (χ0) is 26.0. The van der Waals surface area contributed by atoms with Crippen molar-refractivity contribution in [3.63, 3.8) is 0 Å². The summed E-state index contributed by atoms with van der Waals surface area (Å²) in [6.07, 6.45) is 8.34. The quantitative estimate of drug-likeness (QED) is 0.164. The zero-order valence-electron chi connectivity index (χ0n) is 22.6. The van der Waals surface area contributed by atoms with Crippen LogP contribution in [0.3, 0.4) is 0 Å². The first kappa shape index (κ1) is 33.8. The molecule has 0 aliphatic heterocycles. The number of hydrogen-bond acceptors (Lipinski definition) is 5. The number of rotatable bonds is 12. The molecule has 2 aromatic carbocycles. The van der Waals surface area contributed by atoms with Gasteiger partial charge >= 0.3 is 0 Å². The fourth-order valence-corrected chi connectivity index (χ4v) is 4.51. The molecule has 0 bridgehead atoms. The maximum absolute atomic E-state index is 12.5. The van der Waals surface area contributed by atoms with Crippen LogP contribution < -0.4 is 15.6 Å². The fraction of sp³-hybridized carbons (Fsp3) is 0.219. The molecule has 3 aromatic heterocycles. The Balaban J connectivity index is 0.00000196. The first-order valence-corrected chi connectivity index (χ1v) is 13.1. The maximum Gasteiger partial charge on any atom is 0.251 e. The van der Waals surface area contributed by atoms with Gasteiger partial charge in [0.15, 0.2) is 0 Å². The van der Waals surface area contributed by atoms with Gasteiger partial charge in [-0.2, -0.15) is 0 Å². The van der Waals surface area contributed by atoms with Crippen LogP contribution in [0.4, 0.5) is 0 Å². The van der Waals surface area contributed by atoms with Crippen molar-refractivity contribution in [3.8, 4) is 5.75 Å². The lowest BCUT2D eigenvalue weighted by Gasteiger charge is -2.12. The van der Waals surface area contributed by atoms with E-state index in [1.54, 1.807) is 12.3 Å². The molecule has 0 saturated carbocycles. The van der Waals surface area contributed by atoms with Crippen LogP contribution in [0.15, 0.2) is 108 Å². The summed E-state index contributed by atoms with van der Waals surface area (Å²) < 4.78 is 7.81. The molecule has 0 atom stereocenters. The Bertz CT molecular complexity index is 1530. The largest absolute Gasteiger partial charge is 0.494 e. The number of benzene rings is 2. The van der Waals surface area contributed by atoms with Gasteiger partial charge in [-0.15, -0.1) is 37.2 Å². The number of aryl methyl sites for hydroxylation is 2. The highest BCUT2D eigenvalue weighted by Crippen LogP contribution is 2.20. The fourth-order valence-electron chi connectivity index (χ4n) is 4.51. The van der Waals surface area contributed by atoms with E-state index in [1.807, 2.05) is 77.6 Å². The van der Waals surface area contributed by atoms with Crippen LogP contribution in [-0.2, 0) is 25.9 Å². The molecule has 1 N–H and O–H groups in total. The molecule has 0 unspecified atom stereocenters. The van der Waals surface area contributed by atoms with Crippen LogP contribution >= 0.6 is 37.2 Å². The Kier molecular flexibility index (Phi) is 14.3. The molecule has 0 saturated heterocycles. The number of nitrogens with one attached hydrogen (secondary N) is 1. The summed E-state index contributed by atoms with van der Waals surface area (Å²) in [6.45, 7) is 2.83. The minimum atomic E-state index is -0.00379. The average molecular weight is 614 g/mol. The third-order valence-electron chi connectivity index (χ3n) is 6.51. The molecule has 0 fully saturated rings. The highest BCUT2D eigenvalue weighted by Gasteiger charge is 2.06. The topological polar surface area (TPSA) is 69.0 Å². The van der Waals surface area contributed by atoms with Crippen molar-refractivity contribution in [3.05, 3.63) is 136 Å². The van der Waals surface area contributed by atoms with Crippen molar-refractivity contribution < 1.29 is 4.74 Å². The monoisotopic (exact) mass is 612 g/mol. The van der Waals surface area contributed by atoms with Crippen LogP contribution in [0.25, 0.3) is 10.9 Å². The second-order valence-electron chi connectivity index (χ2n) is 9.36. The summed E-state index contributed by atoms with van der Waals surface area (Å²) >= 11 is 0. The lowest BCUT2D eigenvalue weighted by molar-refractivity contribution is 0.308. The summed E-state index contributed by atoms with van der Waals surface area (Å²) in [5, 5.41) is 4.49. The number of pyridine rings is 3. The van der Waals surface area contributed by atoms with Crippen LogP contribution in [-0.4, -0.2) is 27.7 Å². The van der Waals surface area contributed by atoms with E-state index in [0.717, 1.165) is 60.3 Å². The molecule has 0 spiro atoms. The van der Waals surface area contributed by atoms with Gasteiger partial charge in [0.05, 0.1) is 18.7 Å². The average Bonchev–Trinajstić information content (AvgIpc) is 2.96. The number of ether oxygens (including phenoxy) is 1. The van der Waals surface area contributed by atoms with E-state index in [0.29, 0.717) is 13.2 Å². The van der Waals surface area contributed by atoms with Crippen LogP contribution in [0.1, 0.15) is 28.8 Å². The number of hydrogen-bond donors (Lipinski definition) is 1. The molecule has 9 heteroatoms. The smallest absolute Gasteiger partial charge is 0.251 e. The van der Waals surface area contributed by atoms with E-state index in [9.17, 15) is 4.79 Å². The van der Waals surface area contributed by atoms with E-state index in [-0.39, 0.29) is 42.8 Å². The highest BCUT2D eigenvalue weighted by molar-refractivity contribution is 5.86. The van der Waals surface area contributed by atoms with E-state index >= 15 is 0 Å². The molecule has 0 aliphatic carbocycles. The molecule has 3 heterocycles. The molecule has 6 nitrogen and oxygen atoms in total. The number of fused-ring (bicyclic) bond motifs is 1. The minimum Gasteiger partial charge on any atom is -0.494 e. The Hall–Kier alpha value is -3.42. The second-order valence-corrected chi connectivity index (χ2v) is 9.36. The normalized spacial score (nSPS) is 10.2. The van der Waals surface area contributed by atoms with Crippen molar-refractivity contribution in [1.29, 1.82) is 0 Å². The van der Waals surface area contributed by atoms with Gasteiger partial charge in [0, 0.05) is 42.3 Å². The summed E-state index contributed by atoms with van der Waals surface area (Å²) in [5.74, 6) is 0.815. The molecule has 5 rings (SSSR count). The van der Waals surface area contributed by atoms with E-state index < -0.39 is 0 Å². The summed E-state index contributed by atoms with van der Waals surface area (Å²) in [7, 11) is 0. The SMILES string of the molecule is Cl.Cl.Cl.O=c1ccc2cc(OCCCNCc3ccnc(CCc4cccnc4)c3)ccc2n1Cc1ccccc1. The standard InChI is InChI=1S/C32H32N4O2.3ClH/c37-32-14-10-28-21-30(12-13-31(28)36(32)24-26-6-2-1-3-7-26)38-19-5-17-34-23-27-15-18-35-29(20-27)11-9-25-8-4-16-33-22-25;;;/h1-4,6-8,10,12-16,18,20-22,34H,5,9,11,17,19,23-24H2;3*1H. The molecule has 216 valence electrons.